The first-order valence-electron chi connectivity index (χ1n) is 6.80. The zero-order valence-corrected chi connectivity index (χ0v) is 13.8. The highest BCUT2D eigenvalue weighted by atomic mass is 79.9. The maximum Gasteiger partial charge on any atom is 0.255 e. The standard InChI is InChI=1S/C17H15BrFNO3/c1-2-7-23-13-5-6-16(21)14(9-13)17(22)20-10-11-3-4-12(18)8-15(11)19/h2-6,8-9,21H,1,7,10H2,(H,20,22). The molecule has 120 valence electrons. The van der Waals surface area contributed by atoms with Crippen LogP contribution < -0.4 is 10.1 Å². The van der Waals surface area contributed by atoms with Gasteiger partial charge in [0.25, 0.3) is 5.91 Å². The van der Waals surface area contributed by atoms with Crippen molar-refractivity contribution >= 4 is 21.8 Å². The summed E-state index contributed by atoms with van der Waals surface area (Å²) in [7, 11) is 0. The van der Waals surface area contributed by atoms with Crippen molar-refractivity contribution in [1.82, 2.24) is 5.32 Å². The molecule has 0 radical (unpaired) electrons. The van der Waals surface area contributed by atoms with Gasteiger partial charge in [-0.1, -0.05) is 34.7 Å². The predicted molar refractivity (Wildman–Crippen MR) is 89.1 cm³/mol. The van der Waals surface area contributed by atoms with Gasteiger partial charge in [0, 0.05) is 16.6 Å². The van der Waals surface area contributed by atoms with Crippen LogP contribution in [-0.2, 0) is 6.54 Å². The Kier molecular flexibility index (Phi) is 5.76. The molecule has 0 unspecified atom stereocenters. The largest absolute Gasteiger partial charge is 0.507 e. The van der Waals surface area contributed by atoms with Gasteiger partial charge in [-0.2, -0.15) is 0 Å². The molecule has 0 aliphatic carbocycles. The Hall–Kier alpha value is -2.34. The van der Waals surface area contributed by atoms with E-state index >= 15 is 0 Å². The lowest BCUT2D eigenvalue weighted by Gasteiger charge is -2.10. The van der Waals surface area contributed by atoms with Crippen molar-refractivity contribution in [2.75, 3.05) is 6.61 Å². The Labute approximate surface area is 141 Å². The van der Waals surface area contributed by atoms with Gasteiger partial charge in [0.2, 0.25) is 0 Å². The maximum atomic E-state index is 13.7. The van der Waals surface area contributed by atoms with Crippen LogP contribution in [0.4, 0.5) is 4.39 Å². The number of amides is 1. The van der Waals surface area contributed by atoms with E-state index in [1.54, 1.807) is 24.3 Å². The third kappa shape index (κ3) is 4.56. The van der Waals surface area contributed by atoms with Gasteiger partial charge in [-0.25, -0.2) is 4.39 Å². The Morgan fingerprint density at radius 3 is 2.83 bits per heavy atom. The second-order valence-electron chi connectivity index (χ2n) is 4.70. The van der Waals surface area contributed by atoms with Crippen molar-refractivity contribution in [1.29, 1.82) is 0 Å². The molecule has 6 heteroatoms. The third-order valence-corrected chi connectivity index (χ3v) is 3.53. The van der Waals surface area contributed by atoms with Crippen molar-refractivity contribution in [2.45, 2.75) is 6.54 Å². The van der Waals surface area contributed by atoms with E-state index in [2.05, 4.69) is 27.8 Å². The molecule has 0 aromatic heterocycles. The van der Waals surface area contributed by atoms with Crippen molar-refractivity contribution in [3.63, 3.8) is 0 Å². The Morgan fingerprint density at radius 2 is 2.13 bits per heavy atom. The van der Waals surface area contributed by atoms with E-state index in [4.69, 9.17) is 4.74 Å². The minimum Gasteiger partial charge on any atom is -0.507 e. The minimum atomic E-state index is -0.520. The first kappa shape index (κ1) is 17.0. The Morgan fingerprint density at radius 1 is 1.35 bits per heavy atom. The summed E-state index contributed by atoms with van der Waals surface area (Å²) in [5, 5.41) is 12.4. The summed E-state index contributed by atoms with van der Waals surface area (Å²) >= 11 is 3.17. The molecule has 2 aromatic rings. The summed E-state index contributed by atoms with van der Waals surface area (Å²) < 4.78 is 19.7. The van der Waals surface area contributed by atoms with Gasteiger partial charge in [-0.15, -0.1) is 0 Å². The number of aromatic hydroxyl groups is 1. The molecular weight excluding hydrogens is 365 g/mol. The number of rotatable bonds is 6. The van der Waals surface area contributed by atoms with Crippen LogP contribution >= 0.6 is 15.9 Å². The number of carbonyl (C=O) groups excluding carboxylic acids is 1. The summed E-state index contributed by atoms with van der Waals surface area (Å²) in [6, 6.07) is 8.92. The zero-order chi connectivity index (χ0) is 16.8. The second kappa shape index (κ2) is 7.78. The average Bonchev–Trinajstić information content (AvgIpc) is 2.53. The highest BCUT2D eigenvalue weighted by Crippen LogP contribution is 2.23. The summed E-state index contributed by atoms with van der Waals surface area (Å²) in [4.78, 5) is 12.2. The van der Waals surface area contributed by atoms with Gasteiger partial charge < -0.3 is 15.2 Å². The number of benzene rings is 2. The van der Waals surface area contributed by atoms with E-state index in [1.807, 2.05) is 0 Å². The topological polar surface area (TPSA) is 58.6 Å². The van der Waals surface area contributed by atoms with Crippen LogP contribution in [0.5, 0.6) is 11.5 Å². The SMILES string of the molecule is C=CCOc1ccc(O)c(C(=O)NCc2ccc(Br)cc2F)c1. The molecule has 0 heterocycles. The fraction of sp³-hybridized carbons (Fsp3) is 0.118. The van der Waals surface area contributed by atoms with E-state index in [9.17, 15) is 14.3 Å². The summed E-state index contributed by atoms with van der Waals surface area (Å²) in [6.07, 6.45) is 1.57. The van der Waals surface area contributed by atoms with Crippen LogP contribution in [0.2, 0.25) is 0 Å². The number of nitrogens with one attached hydrogen (secondary N) is 1. The highest BCUT2D eigenvalue weighted by Gasteiger charge is 2.13. The zero-order valence-electron chi connectivity index (χ0n) is 12.2. The first-order chi connectivity index (χ1) is 11.0. The highest BCUT2D eigenvalue weighted by molar-refractivity contribution is 9.10. The number of halogens is 2. The fourth-order valence-electron chi connectivity index (χ4n) is 1.88. The Bertz CT molecular complexity index is 734. The van der Waals surface area contributed by atoms with Gasteiger partial charge >= 0.3 is 0 Å². The summed E-state index contributed by atoms with van der Waals surface area (Å²) in [5.74, 6) is -0.687. The van der Waals surface area contributed by atoms with E-state index in [1.165, 1.54) is 18.2 Å². The first-order valence-corrected chi connectivity index (χ1v) is 7.59. The number of phenols is 1. The molecule has 0 fully saturated rings. The van der Waals surface area contributed by atoms with Gasteiger partial charge in [0.05, 0.1) is 5.56 Å². The summed E-state index contributed by atoms with van der Waals surface area (Å²) in [5.41, 5.74) is 0.407. The molecule has 0 bridgehead atoms. The normalized spacial score (nSPS) is 10.2. The van der Waals surface area contributed by atoms with Crippen molar-refractivity contribution in [3.05, 3.63) is 70.5 Å². The lowest BCUT2D eigenvalue weighted by atomic mass is 10.1. The molecule has 2 aromatic carbocycles. The van der Waals surface area contributed by atoms with E-state index in [0.717, 1.165) is 0 Å². The van der Waals surface area contributed by atoms with Crippen LogP contribution in [0.25, 0.3) is 0 Å². The molecule has 23 heavy (non-hydrogen) atoms. The van der Waals surface area contributed by atoms with Gasteiger partial charge in [0.15, 0.2) is 0 Å². The molecule has 0 atom stereocenters. The lowest BCUT2D eigenvalue weighted by Crippen LogP contribution is -2.23. The number of ether oxygens (including phenoxy) is 1. The van der Waals surface area contributed by atoms with Gasteiger partial charge in [-0.3, -0.25) is 4.79 Å². The van der Waals surface area contributed by atoms with Crippen LogP contribution in [0.15, 0.2) is 53.5 Å². The molecule has 2 rings (SSSR count). The van der Waals surface area contributed by atoms with Crippen LogP contribution in [0, 0.1) is 5.82 Å². The van der Waals surface area contributed by atoms with Crippen LogP contribution in [0.1, 0.15) is 15.9 Å². The number of carbonyl (C=O) groups is 1. The van der Waals surface area contributed by atoms with Crippen molar-refractivity contribution in [2.24, 2.45) is 0 Å². The minimum absolute atomic E-state index is 0.00906. The monoisotopic (exact) mass is 379 g/mol. The van der Waals surface area contributed by atoms with Crippen LogP contribution in [0.3, 0.4) is 0 Å². The van der Waals surface area contributed by atoms with E-state index in [0.29, 0.717) is 15.8 Å². The van der Waals surface area contributed by atoms with E-state index in [-0.39, 0.29) is 24.5 Å². The quantitative estimate of drug-likeness (QED) is 0.750. The molecule has 2 N–H and O–H groups in total. The number of phenolic OH excluding ortho intramolecular Hbond substituents is 1. The fourth-order valence-corrected chi connectivity index (χ4v) is 2.21. The third-order valence-electron chi connectivity index (χ3n) is 3.04. The molecule has 0 spiro atoms. The van der Waals surface area contributed by atoms with Gasteiger partial charge in [0.1, 0.15) is 23.9 Å². The molecular formula is C17H15BrFNO3. The molecule has 0 aliphatic rings. The lowest BCUT2D eigenvalue weighted by molar-refractivity contribution is 0.0947. The van der Waals surface area contributed by atoms with E-state index < -0.39 is 11.7 Å². The van der Waals surface area contributed by atoms with Crippen LogP contribution in [-0.4, -0.2) is 17.6 Å². The molecule has 1 amide bonds. The molecule has 0 aliphatic heterocycles. The number of hydrogen-bond donors (Lipinski definition) is 2. The second-order valence-corrected chi connectivity index (χ2v) is 5.61. The Balaban J connectivity index is 2.09. The van der Waals surface area contributed by atoms with Crippen molar-refractivity contribution in [3.8, 4) is 11.5 Å². The number of hydrogen-bond acceptors (Lipinski definition) is 3. The van der Waals surface area contributed by atoms with Crippen molar-refractivity contribution < 1.29 is 19.0 Å². The average molecular weight is 380 g/mol. The van der Waals surface area contributed by atoms with Gasteiger partial charge in [-0.05, 0) is 30.3 Å². The molecule has 0 saturated carbocycles. The summed E-state index contributed by atoms with van der Waals surface area (Å²) in [6.45, 7) is 3.83. The smallest absolute Gasteiger partial charge is 0.255 e. The molecule has 4 nitrogen and oxygen atoms in total. The maximum absolute atomic E-state index is 13.7. The molecule has 0 saturated heterocycles. The predicted octanol–water partition coefficient (Wildman–Crippen LogP) is 3.79.